The minimum absolute atomic E-state index is 0.0939. The molecule has 0 aliphatic carbocycles. The van der Waals surface area contributed by atoms with Crippen molar-refractivity contribution in [2.24, 2.45) is 0 Å². The lowest BCUT2D eigenvalue weighted by Gasteiger charge is -2.19. The minimum atomic E-state index is -0.383. The van der Waals surface area contributed by atoms with Crippen LogP contribution in [0.15, 0.2) is 18.2 Å². The Balaban J connectivity index is 2.89. The second-order valence-electron chi connectivity index (χ2n) is 5.04. The number of nitrogens with one attached hydrogen (secondary N) is 1. The van der Waals surface area contributed by atoms with E-state index in [1.54, 1.807) is 12.1 Å². The molecule has 0 aromatic heterocycles. The third-order valence-electron chi connectivity index (χ3n) is 2.30. The molecule has 0 heterocycles. The van der Waals surface area contributed by atoms with Gasteiger partial charge in [0.1, 0.15) is 5.69 Å². The van der Waals surface area contributed by atoms with Crippen LogP contribution >= 0.6 is 0 Å². The Morgan fingerprint density at radius 3 is 2.56 bits per heavy atom. The van der Waals surface area contributed by atoms with E-state index in [4.69, 9.17) is 4.74 Å². The Morgan fingerprint density at radius 2 is 2.06 bits per heavy atom. The van der Waals surface area contributed by atoms with Crippen molar-refractivity contribution in [1.29, 1.82) is 0 Å². The maximum absolute atomic E-state index is 10.9. The van der Waals surface area contributed by atoms with Crippen molar-refractivity contribution in [3.8, 4) is 0 Å². The quantitative estimate of drug-likeness (QED) is 0.644. The molecule has 1 N–H and O–H groups in total. The maximum atomic E-state index is 10.9. The predicted molar refractivity (Wildman–Crippen MR) is 71.8 cm³/mol. The summed E-state index contributed by atoms with van der Waals surface area (Å²) in [6.45, 7) is 8.92. The van der Waals surface area contributed by atoms with Gasteiger partial charge in [-0.15, -0.1) is 0 Å². The molecule has 0 spiro atoms. The first-order chi connectivity index (χ1) is 8.33. The standard InChI is InChI=1S/C13H20N2O3/c1-5-14-11-8-10(9-18-13(2,3)4)6-7-12(11)15(16)17/h6-8,14H,5,9H2,1-4H3. The van der Waals surface area contributed by atoms with E-state index in [-0.39, 0.29) is 16.2 Å². The molecular formula is C13H20N2O3. The van der Waals surface area contributed by atoms with Gasteiger partial charge in [-0.1, -0.05) is 0 Å². The third-order valence-corrected chi connectivity index (χ3v) is 2.30. The largest absolute Gasteiger partial charge is 0.380 e. The summed E-state index contributed by atoms with van der Waals surface area (Å²) < 4.78 is 5.65. The number of ether oxygens (including phenoxy) is 1. The lowest BCUT2D eigenvalue weighted by atomic mass is 10.1. The van der Waals surface area contributed by atoms with Crippen LogP contribution in [0.25, 0.3) is 0 Å². The normalized spacial score (nSPS) is 11.3. The van der Waals surface area contributed by atoms with Crippen LogP contribution in [-0.4, -0.2) is 17.1 Å². The number of nitro benzene ring substituents is 1. The maximum Gasteiger partial charge on any atom is 0.292 e. The second kappa shape index (κ2) is 5.82. The topological polar surface area (TPSA) is 64.4 Å². The number of anilines is 1. The van der Waals surface area contributed by atoms with Gasteiger partial charge in [0.15, 0.2) is 0 Å². The molecule has 0 aliphatic heterocycles. The molecule has 0 aliphatic rings. The molecule has 0 fully saturated rings. The van der Waals surface area contributed by atoms with E-state index in [1.807, 2.05) is 27.7 Å². The van der Waals surface area contributed by atoms with Crippen molar-refractivity contribution in [2.45, 2.75) is 39.9 Å². The Bertz CT molecular complexity index is 425. The van der Waals surface area contributed by atoms with E-state index < -0.39 is 0 Å². The summed E-state index contributed by atoms with van der Waals surface area (Å²) in [5, 5.41) is 13.9. The van der Waals surface area contributed by atoms with Crippen molar-refractivity contribution < 1.29 is 9.66 Å². The lowest BCUT2D eigenvalue weighted by molar-refractivity contribution is -0.384. The van der Waals surface area contributed by atoms with Crippen LogP contribution in [0.5, 0.6) is 0 Å². The first-order valence-electron chi connectivity index (χ1n) is 5.98. The zero-order chi connectivity index (χ0) is 13.8. The molecule has 0 saturated carbocycles. The molecule has 0 unspecified atom stereocenters. The molecule has 1 aromatic rings. The molecule has 0 bridgehead atoms. The van der Waals surface area contributed by atoms with Crippen molar-refractivity contribution in [3.63, 3.8) is 0 Å². The number of hydrogen-bond acceptors (Lipinski definition) is 4. The van der Waals surface area contributed by atoms with Gasteiger partial charge < -0.3 is 10.1 Å². The number of hydrogen-bond donors (Lipinski definition) is 1. The summed E-state index contributed by atoms with van der Waals surface area (Å²) in [4.78, 5) is 10.5. The van der Waals surface area contributed by atoms with Crippen molar-refractivity contribution in [2.75, 3.05) is 11.9 Å². The molecule has 0 atom stereocenters. The van der Waals surface area contributed by atoms with Crippen LogP contribution in [0, 0.1) is 10.1 Å². The fraction of sp³-hybridized carbons (Fsp3) is 0.538. The Kier molecular flexibility index (Phi) is 4.67. The van der Waals surface area contributed by atoms with Gasteiger partial charge in [0.2, 0.25) is 0 Å². The highest BCUT2D eigenvalue weighted by Crippen LogP contribution is 2.26. The van der Waals surface area contributed by atoms with E-state index in [0.717, 1.165) is 5.56 Å². The summed E-state index contributed by atoms with van der Waals surface area (Å²) >= 11 is 0. The molecular weight excluding hydrogens is 232 g/mol. The van der Waals surface area contributed by atoms with Crippen LogP contribution < -0.4 is 5.32 Å². The van der Waals surface area contributed by atoms with Crippen LogP contribution in [0.4, 0.5) is 11.4 Å². The molecule has 5 heteroatoms. The van der Waals surface area contributed by atoms with Crippen LogP contribution in [0.2, 0.25) is 0 Å². The summed E-state index contributed by atoms with van der Waals surface area (Å²) in [6.07, 6.45) is 0. The fourth-order valence-corrected chi connectivity index (χ4v) is 1.46. The van der Waals surface area contributed by atoms with Gasteiger partial charge >= 0.3 is 0 Å². The van der Waals surface area contributed by atoms with E-state index in [2.05, 4.69) is 5.32 Å². The fourth-order valence-electron chi connectivity index (χ4n) is 1.46. The van der Waals surface area contributed by atoms with Gasteiger partial charge in [0.25, 0.3) is 5.69 Å². The van der Waals surface area contributed by atoms with Gasteiger partial charge in [0.05, 0.1) is 17.1 Å². The number of nitrogens with zero attached hydrogens (tertiary/aromatic N) is 1. The molecule has 18 heavy (non-hydrogen) atoms. The monoisotopic (exact) mass is 252 g/mol. The van der Waals surface area contributed by atoms with E-state index >= 15 is 0 Å². The number of benzene rings is 1. The van der Waals surface area contributed by atoms with Crippen LogP contribution in [0.1, 0.15) is 33.3 Å². The van der Waals surface area contributed by atoms with Crippen molar-refractivity contribution in [3.05, 3.63) is 33.9 Å². The summed E-state index contributed by atoms with van der Waals surface area (Å²) in [5.41, 5.74) is 1.33. The summed E-state index contributed by atoms with van der Waals surface area (Å²) in [6, 6.07) is 5.01. The lowest BCUT2D eigenvalue weighted by Crippen LogP contribution is -2.18. The average molecular weight is 252 g/mol. The first-order valence-corrected chi connectivity index (χ1v) is 5.98. The van der Waals surface area contributed by atoms with E-state index in [9.17, 15) is 10.1 Å². The Labute approximate surface area is 107 Å². The average Bonchev–Trinajstić information content (AvgIpc) is 2.25. The molecule has 1 rings (SSSR count). The Morgan fingerprint density at radius 1 is 1.39 bits per heavy atom. The van der Waals surface area contributed by atoms with Gasteiger partial charge in [-0.05, 0) is 45.4 Å². The Hall–Kier alpha value is -1.62. The third kappa shape index (κ3) is 4.33. The number of rotatable bonds is 5. The predicted octanol–water partition coefficient (Wildman–Crippen LogP) is 3.34. The minimum Gasteiger partial charge on any atom is -0.380 e. The van der Waals surface area contributed by atoms with E-state index in [1.165, 1.54) is 6.07 Å². The second-order valence-corrected chi connectivity index (χ2v) is 5.04. The van der Waals surface area contributed by atoms with Crippen LogP contribution in [-0.2, 0) is 11.3 Å². The van der Waals surface area contributed by atoms with Gasteiger partial charge in [-0.25, -0.2) is 0 Å². The SMILES string of the molecule is CCNc1cc(COC(C)(C)C)ccc1[N+](=O)[O-]. The zero-order valence-corrected chi connectivity index (χ0v) is 11.3. The first kappa shape index (κ1) is 14.4. The van der Waals surface area contributed by atoms with E-state index in [0.29, 0.717) is 18.8 Å². The molecule has 100 valence electrons. The highest BCUT2D eigenvalue weighted by Gasteiger charge is 2.15. The summed E-state index contributed by atoms with van der Waals surface area (Å²) in [5.74, 6) is 0. The highest BCUT2D eigenvalue weighted by molar-refractivity contribution is 5.62. The van der Waals surface area contributed by atoms with Gasteiger partial charge in [-0.3, -0.25) is 10.1 Å². The molecule has 0 radical (unpaired) electrons. The smallest absolute Gasteiger partial charge is 0.292 e. The van der Waals surface area contributed by atoms with Gasteiger partial charge in [-0.2, -0.15) is 0 Å². The van der Waals surface area contributed by atoms with Crippen molar-refractivity contribution in [1.82, 2.24) is 0 Å². The molecule has 0 amide bonds. The van der Waals surface area contributed by atoms with Gasteiger partial charge in [0, 0.05) is 12.6 Å². The molecule has 5 nitrogen and oxygen atoms in total. The zero-order valence-electron chi connectivity index (χ0n) is 11.3. The molecule has 1 aromatic carbocycles. The van der Waals surface area contributed by atoms with Crippen LogP contribution in [0.3, 0.4) is 0 Å². The summed E-state index contributed by atoms with van der Waals surface area (Å²) in [7, 11) is 0. The molecule has 0 saturated heterocycles. The van der Waals surface area contributed by atoms with Crippen molar-refractivity contribution >= 4 is 11.4 Å². The highest BCUT2D eigenvalue weighted by atomic mass is 16.6. The number of nitro groups is 1.